The van der Waals surface area contributed by atoms with Gasteiger partial charge in [-0.25, -0.2) is 17.5 Å². The van der Waals surface area contributed by atoms with Crippen LogP contribution < -0.4 is 4.72 Å². The van der Waals surface area contributed by atoms with Gasteiger partial charge >= 0.3 is 0 Å². The van der Waals surface area contributed by atoms with E-state index in [9.17, 15) is 22.9 Å². The van der Waals surface area contributed by atoms with Crippen molar-refractivity contribution in [3.63, 3.8) is 0 Å². The van der Waals surface area contributed by atoms with Crippen LogP contribution in [0.4, 0.5) is 15.8 Å². The molecule has 0 bridgehead atoms. The largest absolute Gasteiger partial charge is 0.276 e. The molecule has 2 aromatic carbocycles. The molecule has 0 aliphatic heterocycles. The van der Waals surface area contributed by atoms with Gasteiger partial charge in [0.2, 0.25) is 0 Å². The molecule has 140 valence electrons. The third-order valence-electron chi connectivity index (χ3n) is 3.90. The number of halogens is 1. The maximum absolute atomic E-state index is 14.0. The van der Waals surface area contributed by atoms with Crippen LogP contribution in [0.25, 0.3) is 5.69 Å². The van der Waals surface area contributed by atoms with Gasteiger partial charge < -0.3 is 0 Å². The average Bonchev–Trinajstić information content (AvgIpc) is 2.92. The second kappa shape index (κ2) is 6.80. The molecular weight excluding hydrogens is 375 g/mol. The van der Waals surface area contributed by atoms with Crippen molar-refractivity contribution in [3.05, 3.63) is 75.9 Å². The summed E-state index contributed by atoms with van der Waals surface area (Å²) in [4.78, 5) is 10.0. The normalized spacial score (nSPS) is 11.4. The number of hydrogen-bond donors (Lipinski definition) is 1. The highest BCUT2D eigenvalue weighted by molar-refractivity contribution is 7.92. The minimum Gasteiger partial charge on any atom is -0.276 e. The van der Waals surface area contributed by atoms with Gasteiger partial charge in [0, 0.05) is 12.1 Å². The maximum Gasteiger partial charge on any atom is 0.271 e. The molecule has 0 fully saturated rings. The number of nitro groups is 1. The number of sulfonamides is 1. The minimum atomic E-state index is -4.22. The maximum atomic E-state index is 14.0. The summed E-state index contributed by atoms with van der Waals surface area (Å²) in [6.07, 6.45) is 0. The van der Waals surface area contributed by atoms with Gasteiger partial charge in [-0.3, -0.25) is 14.8 Å². The van der Waals surface area contributed by atoms with E-state index in [-0.39, 0.29) is 10.6 Å². The van der Waals surface area contributed by atoms with E-state index < -0.39 is 32.1 Å². The van der Waals surface area contributed by atoms with Crippen molar-refractivity contribution in [1.82, 2.24) is 9.78 Å². The van der Waals surface area contributed by atoms with Crippen LogP contribution in [0.1, 0.15) is 11.4 Å². The Labute approximate surface area is 154 Å². The number of non-ortho nitro benzene ring substituents is 1. The summed E-state index contributed by atoms with van der Waals surface area (Å²) >= 11 is 0. The predicted octanol–water partition coefficient (Wildman–Crippen LogP) is 3.34. The molecule has 0 aliphatic rings. The van der Waals surface area contributed by atoms with Crippen molar-refractivity contribution < 1.29 is 17.7 Å². The number of nitrogens with zero attached hydrogens (tertiary/aromatic N) is 3. The van der Waals surface area contributed by atoms with E-state index in [0.717, 1.165) is 18.2 Å². The highest BCUT2D eigenvalue weighted by Crippen LogP contribution is 2.27. The number of hydrogen-bond acceptors (Lipinski definition) is 5. The smallest absolute Gasteiger partial charge is 0.271 e. The van der Waals surface area contributed by atoms with E-state index in [1.54, 1.807) is 31.2 Å². The van der Waals surface area contributed by atoms with Crippen molar-refractivity contribution in [2.75, 3.05) is 4.72 Å². The molecular formula is C17H15FN4O4S. The number of aryl methyl sites for hydroxylation is 1. The standard InChI is InChI=1S/C17H15FN4O4S/c1-11-17(12(2)21(19-11)13-6-4-3-5-7-13)27(25,26)20-16-10-14(22(23)24)8-9-15(16)18/h3-10,20H,1-2H3. The zero-order chi connectivity index (χ0) is 19.8. The van der Waals surface area contributed by atoms with Crippen LogP contribution in [0.2, 0.25) is 0 Å². The van der Waals surface area contributed by atoms with Gasteiger partial charge in [0.05, 0.1) is 27.7 Å². The van der Waals surface area contributed by atoms with E-state index in [2.05, 4.69) is 9.82 Å². The first-order chi connectivity index (χ1) is 12.7. The van der Waals surface area contributed by atoms with Crippen molar-refractivity contribution in [3.8, 4) is 5.69 Å². The van der Waals surface area contributed by atoms with Crippen LogP contribution in [-0.4, -0.2) is 23.1 Å². The van der Waals surface area contributed by atoms with Crippen molar-refractivity contribution in [1.29, 1.82) is 0 Å². The Hall–Kier alpha value is -3.27. The molecule has 1 N–H and O–H groups in total. The molecule has 0 radical (unpaired) electrons. The highest BCUT2D eigenvalue weighted by atomic mass is 32.2. The first-order valence-corrected chi connectivity index (χ1v) is 9.27. The number of aromatic nitrogens is 2. The fourth-order valence-electron chi connectivity index (χ4n) is 2.74. The van der Waals surface area contributed by atoms with E-state index >= 15 is 0 Å². The van der Waals surface area contributed by atoms with Gasteiger partial charge in [-0.2, -0.15) is 5.10 Å². The Bertz CT molecular complexity index is 1130. The zero-order valence-corrected chi connectivity index (χ0v) is 15.2. The first kappa shape index (κ1) is 18.5. The lowest BCUT2D eigenvalue weighted by Crippen LogP contribution is -2.16. The molecule has 8 nitrogen and oxygen atoms in total. The second-order valence-electron chi connectivity index (χ2n) is 5.77. The van der Waals surface area contributed by atoms with Crippen molar-refractivity contribution in [2.45, 2.75) is 18.7 Å². The number of anilines is 1. The summed E-state index contributed by atoms with van der Waals surface area (Å²) in [6.45, 7) is 3.09. The molecule has 1 heterocycles. The Morgan fingerprint density at radius 2 is 1.81 bits per heavy atom. The fourth-order valence-corrected chi connectivity index (χ4v) is 4.19. The van der Waals surface area contributed by atoms with Gasteiger partial charge in [-0.1, -0.05) is 18.2 Å². The molecule has 1 aromatic heterocycles. The second-order valence-corrected chi connectivity index (χ2v) is 7.39. The lowest BCUT2D eigenvalue weighted by molar-refractivity contribution is -0.384. The highest BCUT2D eigenvalue weighted by Gasteiger charge is 2.26. The lowest BCUT2D eigenvalue weighted by atomic mass is 10.3. The SMILES string of the molecule is Cc1nn(-c2ccccc2)c(C)c1S(=O)(=O)Nc1cc([N+](=O)[O-])ccc1F. The number of nitro benzene ring substituents is 1. The molecule has 3 rings (SSSR count). The average molecular weight is 390 g/mol. The van der Waals surface area contributed by atoms with Gasteiger partial charge in [0.25, 0.3) is 15.7 Å². The Morgan fingerprint density at radius 3 is 2.44 bits per heavy atom. The fraction of sp³-hybridized carbons (Fsp3) is 0.118. The van der Waals surface area contributed by atoms with E-state index in [1.807, 2.05) is 6.07 Å². The Kier molecular flexibility index (Phi) is 4.66. The Morgan fingerprint density at radius 1 is 1.15 bits per heavy atom. The van der Waals surface area contributed by atoms with Gasteiger partial charge in [-0.15, -0.1) is 0 Å². The van der Waals surface area contributed by atoms with Gasteiger partial charge in [0.15, 0.2) is 0 Å². The number of nitrogens with one attached hydrogen (secondary N) is 1. The first-order valence-electron chi connectivity index (χ1n) is 7.79. The van der Waals surface area contributed by atoms with Crippen LogP contribution in [0, 0.1) is 29.8 Å². The van der Waals surface area contributed by atoms with Crippen molar-refractivity contribution in [2.24, 2.45) is 0 Å². The van der Waals surface area contributed by atoms with Crippen LogP contribution in [-0.2, 0) is 10.0 Å². The van der Waals surface area contributed by atoms with Crippen LogP contribution >= 0.6 is 0 Å². The number of para-hydroxylation sites is 1. The molecule has 0 aliphatic carbocycles. The predicted molar refractivity (Wildman–Crippen MR) is 96.9 cm³/mol. The van der Waals surface area contributed by atoms with Crippen LogP contribution in [0.5, 0.6) is 0 Å². The van der Waals surface area contributed by atoms with Gasteiger partial charge in [-0.05, 0) is 32.0 Å². The third-order valence-corrected chi connectivity index (χ3v) is 5.52. The topological polar surface area (TPSA) is 107 Å². The summed E-state index contributed by atoms with van der Waals surface area (Å²) in [5, 5.41) is 15.1. The molecule has 0 amide bonds. The summed E-state index contributed by atoms with van der Waals surface area (Å²) in [6, 6.07) is 11.6. The van der Waals surface area contributed by atoms with E-state index in [4.69, 9.17) is 0 Å². The summed E-state index contributed by atoms with van der Waals surface area (Å²) in [7, 11) is -4.22. The van der Waals surface area contributed by atoms with E-state index in [1.165, 1.54) is 11.6 Å². The molecule has 0 unspecified atom stereocenters. The Balaban J connectivity index is 2.05. The molecule has 0 saturated carbocycles. The molecule has 27 heavy (non-hydrogen) atoms. The van der Waals surface area contributed by atoms with Gasteiger partial charge in [0.1, 0.15) is 10.7 Å². The number of rotatable bonds is 5. The van der Waals surface area contributed by atoms with Crippen LogP contribution in [0.3, 0.4) is 0 Å². The van der Waals surface area contributed by atoms with E-state index in [0.29, 0.717) is 11.4 Å². The molecule has 0 spiro atoms. The third kappa shape index (κ3) is 3.51. The van der Waals surface area contributed by atoms with Crippen molar-refractivity contribution >= 4 is 21.4 Å². The summed E-state index contributed by atoms with van der Waals surface area (Å²) < 4.78 is 43.2. The minimum absolute atomic E-state index is 0.114. The number of benzene rings is 2. The van der Waals surface area contributed by atoms with Crippen LogP contribution in [0.15, 0.2) is 53.4 Å². The molecule has 0 saturated heterocycles. The molecule has 0 atom stereocenters. The lowest BCUT2D eigenvalue weighted by Gasteiger charge is -2.10. The summed E-state index contributed by atoms with van der Waals surface area (Å²) in [5.41, 5.74) is 0.283. The summed E-state index contributed by atoms with van der Waals surface area (Å²) in [5.74, 6) is -0.921. The molecule has 10 heteroatoms. The zero-order valence-electron chi connectivity index (χ0n) is 14.4. The quantitative estimate of drug-likeness (QED) is 0.531. The monoisotopic (exact) mass is 390 g/mol. The molecule has 3 aromatic rings.